The SMILES string of the molecule is CC(=O)N1CCN(C(C)(C)CCC(C)(C)N2CCC3(CCC(=O)N3)CC2)CC1. The second-order valence-corrected chi connectivity index (χ2v) is 10.4. The third-order valence-corrected chi connectivity index (χ3v) is 7.74. The van der Waals surface area contributed by atoms with Gasteiger partial charge in [0, 0.05) is 69.2 Å². The predicted molar refractivity (Wildman–Crippen MR) is 112 cm³/mol. The molecule has 0 aromatic heterocycles. The number of carbonyl (C=O) groups is 2. The summed E-state index contributed by atoms with van der Waals surface area (Å²) in [7, 11) is 0. The minimum Gasteiger partial charge on any atom is -0.351 e. The molecule has 3 rings (SSSR count). The average Bonchev–Trinajstić information content (AvgIpc) is 3.01. The molecule has 6 nitrogen and oxygen atoms in total. The van der Waals surface area contributed by atoms with Gasteiger partial charge in [0.25, 0.3) is 0 Å². The summed E-state index contributed by atoms with van der Waals surface area (Å²) < 4.78 is 0. The van der Waals surface area contributed by atoms with E-state index in [1.54, 1.807) is 6.92 Å². The van der Waals surface area contributed by atoms with Crippen LogP contribution in [-0.2, 0) is 9.59 Å². The normalized spacial score (nSPS) is 24.6. The topological polar surface area (TPSA) is 55.9 Å². The molecule has 0 aromatic carbocycles. The molecule has 0 radical (unpaired) electrons. The van der Waals surface area contributed by atoms with Gasteiger partial charge in [-0.15, -0.1) is 0 Å². The van der Waals surface area contributed by atoms with Crippen LogP contribution in [0.5, 0.6) is 0 Å². The van der Waals surface area contributed by atoms with Gasteiger partial charge in [0.1, 0.15) is 0 Å². The maximum atomic E-state index is 11.7. The standard InChI is InChI=1S/C22H40N4O2/c1-18(27)24-14-16-26(17-15-24)21(4,5)9-8-20(2,3)25-12-10-22(11-13-25)7-6-19(28)23-22/h6-17H2,1-5H3,(H,23,28). The number of hydrogen-bond acceptors (Lipinski definition) is 4. The molecule has 3 saturated heterocycles. The Bertz CT molecular complexity index is 585. The highest BCUT2D eigenvalue weighted by Crippen LogP contribution is 2.36. The van der Waals surface area contributed by atoms with Crippen molar-refractivity contribution < 1.29 is 9.59 Å². The lowest BCUT2D eigenvalue weighted by atomic mass is 9.82. The molecule has 3 aliphatic heterocycles. The van der Waals surface area contributed by atoms with Gasteiger partial charge in [0.15, 0.2) is 0 Å². The van der Waals surface area contributed by atoms with Crippen LogP contribution in [0.3, 0.4) is 0 Å². The summed E-state index contributed by atoms with van der Waals surface area (Å²) in [5.41, 5.74) is 0.401. The fourth-order valence-electron chi connectivity index (χ4n) is 5.24. The van der Waals surface area contributed by atoms with Crippen LogP contribution in [0.2, 0.25) is 0 Å². The molecular formula is C22H40N4O2. The summed E-state index contributed by atoms with van der Waals surface area (Å²) in [5, 5.41) is 3.25. The lowest BCUT2D eigenvalue weighted by Crippen LogP contribution is -2.58. The molecule has 0 aliphatic carbocycles. The predicted octanol–water partition coefficient (Wildman–Crippen LogP) is 2.23. The number of carbonyl (C=O) groups excluding carboxylic acids is 2. The van der Waals surface area contributed by atoms with Crippen LogP contribution in [0.4, 0.5) is 0 Å². The number of amides is 2. The van der Waals surface area contributed by atoms with E-state index < -0.39 is 0 Å². The van der Waals surface area contributed by atoms with Gasteiger partial charge >= 0.3 is 0 Å². The molecule has 0 saturated carbocycles. The maximum Gasteiger partial charge on any atom is 0.220 e. The van der Waals surface area contributed by atoms with Gasteiger partial charge in [-0.3, -0.25) is 19.4 Å². The lowest BCUT2D eigenvalue weighted by molar-refractivity contribution is -0.131. The largest absolute Gasteiger partial charge is 0.351 e. The highest BCUT2D eigenvalue weighted by Gasteiger charge is 2.43. The first kappa shape index (κ1) is 21.6. The van der Waals surface area contributed by atoms with E-state index in [-0.39, 0.29) is 28.4 Å². The molecule has 0 atom stereocenters. The van der Waals surface area contributed by atoms with E-state index in [9.17, 15) is 9.59 Å². The van der Waals surface area contributed by atoms with Gasteiger partial charge in [-0.2, -0.15) is 0 Å². The summed E-state index contributed by atoms with van der Waals surface area (Å²) in [6.45, 7) is 16.9. The number of hydrogen-bond donors (Lipinski definition) is 1. The van der Waals surface area contributed by atoms with Crippen LogP contribution in [-0.4, -0.2) is 82.4 Å². The van der Waals surface area contributed by atoms with Crippen LogP contribution in [0.15, 0.2) is 0 Å². The first-order valence-corrected chi connectivity index (χ1v) is 11.1. The molecule has 0 unspecified atom stereocenters. The molecule has 1 N–H and O–H groups in total. The van der Waals surface area contributed by atoms with Crippen molar-refractivity contribution in [2.24, 2.45) is 0 Å². The van der Waals surface area contributed by atoms with Gasteiger partial charge in [-0.25, -0.2) is 0 Å². The Labute approximate surface area is 171 Å². The van der Waals surface area contributed by atoms with Crippen molar-refractivity contribution in [3.05, 3.63) is 0 Å². The molecule has 3 fully saturated rings. The zero-order valence-electron chi connectivity index (χ0n) is 18.6. The summed E-state index contributed by atoms with van der Waals surface area (Å²) >= 11 is 0. The van der Waals surface area contributed by atoms with Crippen LogP contribution in [0, 0.1) is 0 Å². The molecule has 0 bridgehead atoms. The summed E-state index contributed by atoms with van der Waals surface area (Å²) in [6.07, 6.45) is 6.19. The van der Waals surface area contributed by atoms with Crippen molar-refractivity contribution in [2.75, 3.05) is 39.3 Å². The number of rotatable bonds is 5. The fourth-order valence-corrected chi connectivity index (χ4v) is 5.24. The van der Waals surface area contributed by atoms with Gasteiger partial charge in [-0.1, -0.05) is 0 Å². The zero-order valence-corrected chi connectivity index (χ0v) is 18.6. The van der Waals surface area contributed by atoms with E-state index in [0.29, 0.717) is 6.42 Å². The van der Waals surface area contributed by atoms with Gasteiger partial charge in [-0.05, 0) is 59.8 Å². The fraction of sp³-hybridized carbons (Fsp3) is 0.909. The van der Waals surface area contributed by atoms with Gasteiger partial charge in [0.05, 0.1) is 0 Å². The second-order valence-electron chi connectivity index (χ2n) is 10.4. The summed E-state index contributed by atoms with van der Waals surface area (Å²) in [6, 6.07) is 0. The second kappa shape index (κ2) is 7.94. The molecule has 0 aromatic rings. The smallest absolute Gasteiger partial charge is 0.220 e. The Hall–Kier alpha value is -1.14. The van der Waals surface area contributed by atoms with E-state index in [2.05, 4.69) is 42.8 Å². The first-order valence-electron chi connectivity index (χ1n) is 11.1. The van der Waals surface area contributed by atoms with Crippen molar-refractivity contribution in [3.63, 3.8) is 0 Å². The summed E-state index contributed by atoms with van der Waals surface area (Å²) in [4.78, 5) is 30.4. The molecule has 1 spiro atoms. The number of nitrogens with zero attached hydrogens (tertiary/aromatic N) is 3. The third kappa shape index (κ3) is 4.70. The highest BCUT2D eigenvalue weighted by atomic mass is 16.2. The minimum absolute atomic E-state index is 0.0827. The van der Waals surface area contributed by atoms with Crippen LogP contribution in [0.25, 0.3) is 0 Å². The molecular weight excluding hydrogens is 352 g/mol. The summed E-state index contributed by atoms with van der Waals surface area (Å²) in [5.74, 6) is 0.430. The van der Waals surface area contributed by atoms with E-state index in [4.69, 9.17) is 0 Å². The van der Waals surface area contributed by atoms with Gasteiger partial charge in [0.2, 0.25) is 11.8 Å². The molecule has 6 heteroatoms. The molecule has 3 heterocycles. The molecule has 2 amide bonds. The zero-order chi connectivity index (χ0) is 20.6. The van der Waals surface area contributed by atoms with Crippen molar-refractivity contribution in [2.45, 2.75) is 89.8 Å². The van der Waals surface area contributed by atoms with Crippen molar-refractivity contribution >= 4 is 11.8 Å². The van der Waals surface area contributed by atoms with Crippen molar-refractivity contribution in [1.29, 1.82) is 0 Å². The minimum atomic E-state index is 0.0827. The quantitative estimate of drug-likeness (QED) is 0.780. The van der Waals surface area contributed by atoms with Crippen LogP contribution in [0.1, 0.15) is 73.1 Å². The first-order chi connectivity index (χ1) is 13.0. The Morgan fingerprint density at radius 3 is 1.82 bits per heavy atom. The van der Waals surface area contributed by atoms with Crippen molar-refractivity contribution in [3.8, 4) is 0 Å². The third-order valence-electron chi connectivity index (χ3n) is 7.74. The Morgan fingerprint density at radius 2 is 1.39 bits per heavy atom. The maximum absolute atomic E-state index is 11.7. The van der Waals surface area contributed by atoms with Gasteiger partial charge < -0.3 is 10.2 Å². The van der Waals surface area contributed by atoms with E-state index in [1.807, 2.05) is 4.90 Å². The Kier molecular flexibility index (Phi) is 6.12. The average molecular weight is 393 g/mol. The number of piperazine rings is 1. The molecule has 160 valence electrons. The molecule has 28 heavy (non-hydrogen) atoms. The van der Waals surface area contributed by atoms with E-state index in [0.717, 1.165) is 71.4 Å². The van der Waals surface area contributed by atoms with Crippen LogP contribution < -0.4 is 5.32 Å². The highest BCUT2D eigenvalue weighted by molar-refractivity contribution is 5.79. The monoisotopic (exact) mass is 392 g/mol. The Balaban J connectivity index is 1.49. The van der Waals surface area contributed by atoms with E-state index >= 15 is 0 Å². The Morgan fingerprint density at radius 1 is 0.893 bits per heavy atom. The van der Waals surface area contributed by atoms with E-state index in [1.165, 1.54) is 0 Å². The molecule has 3 aliphatic rings. The number of nitrogens with one attached hydrogen (secondary N) is 1. The number of piperidine rings is 1. The number of likely N-dealkylation sites (tertiary alicyclic amines) is 1. The van der Waals surface area contributed by atoms with Crippen LogP contribution >= 0.6 is 0 Å². The van der Waals surface area contributed by atoms with Crippen molar-refractivity contribution in [1.82, 2.24) is 20.0 Å². The lowest BCUT2D eigenvalue weighted by Gasteiger charge is -2.49.